The quantitative estimate of drug-likeness (QED) is 0.0572. The topological polar surface area (TPSA) is 182 Å². The smallest absolute Gasteiger partial charge is 0.407 e. The number of pyridine rings is 1. The Morgan fingerprint density at radius 3 is 2.39 bits per heavy atom. The number of nitrogens with one attached hydrogen (secondary N) is 4. The number of fused-ring (bicyclic) bond motifs is 5. The van der Waals surface area contributed by atoms with Gasteiger partial charge in [-0.05, 0) is 79.3 Å². The summed E-state index contributed by atoms with van der Waals surface area (Å²) >= 11 is 2.46. The summed E-state index contributed by atoms with van der Waals surface area (Å²) in [4.78, 5) is 82.9. The number of amides is 4. The maximum Gasteiger partial charge on any atom is 0.407 e. The molecule has 0 saturated heterocycles. The van der Waals surface area contributed by atoms with E-state index in [4.69, 9.17) is 9.47 Å². The molecule has 2 atom stereocenters. The highest BCUT2D eigenvalue weighted by atomic mass is 32.2. The second-order valence-corrected chi connectivity index (χ2v) is 15.4. The van der Waals surface area contributed by atoms with Crippen molar-refractivity contribution in [3.63, 3.8) is 0 Å². The molecule has 0 saturated carbocycles. The second-order valence-electron chi connectivity index (χ2n) is 13.3. The van der Waals surface area contributed by atoms with Gasteiger partial charge in [-0.2, -0.15) is 0 Å². The largest absolute Gasteiger partial charge is 0.456 e. The van der Waals surface area contributed by atoms with Gasteiger partial charge in [-0.15, -0.1) is 11.8 Å². The highest BCUT2D eigenvalue weighted by Crippen LogP contribution is 2.44. The van der Waals surface area contributed by atoms with E-state index in [9.17, 15) is 28.8 Å². The summed E-state index contributed by atoms with van der Waals surface area (Å²) in [5, 5.41) is 10.8. The summed E-state index contributed by atoms with van der Waals surface area (Å²) in [5.41, 5.74) is 4.89. The zero-order valence-corrected chi connectivity index (χ0v) is 33.8. The minimum atomic E-state index is -1.16. The molecule has 3 aromatic rings. The average molecular weight is 814 g/mol. The third-order valence-corrected chi connectivity index (χ3v) is 10.9. The lowest BCUT2D eigenvalue weighted by Crippen LogP contribution is -2.46. The first-order valence-corrected chi connectivity index (χ1v) is 21.0. The number of hydrogen-bond donors (Lipinski definition) is 4. The number of aromatic nitrogens is 1. The standard InChI is InChI=1S/C42H47N5O8S2/c1-4-34-39(50)47-35(18-9-11-21-43-42(53)54-25-33-31-16-7-5-14-29(31)30-15-6-8-17-32(30)33)41(52)55-28(13-10-12-22-57-26(2)48)23-37(49)44-24-27-19-20-36(56-3)38(45-27)40(51)46-34/h4-8,10,13-17,19-20,28,33,35H,9,11-12,18,21-25H2,1-3H3,(H,43,53)(H,44,49)(H,46,51)(H,47,50)/b13-10+,34-4-/t28-,35+/m1/s1. The predicted molar refractivity (Wildman–Crippen MR) is 219 cm³/mol. The molecule has 4 N–H and O–H groups in total. The van der Waals surface area contributed by atoms with Gasteiger partial charge in [0.05, 0.1) is 18.7 Å². The van der Waals surface area contributed by atoms with Gasteiger partial charge in [0.15, 0.2) is 5.12 Å². The lowest BCUT2D eigenvalue weighted by Gasteiger charge is -2.22. The summed E-state index contributed by atoms with van der Waals surface area (Å²) in [6.45, 7) is 3.49. The molecule has 0 spiro atoms. The molecule has 300 valence electrons. The summed E-state index contributed by atoms with van der Waals surface area (Å²) in [6.07, 6.45) is 6.23. The fourth-order valence-electron chi connectivity index (χ4n) is 6.50. The van der Waals surface area contributed by atoms with Crippen LogP contribution in [0.2, 0.25) is 0 Å². The van der Waals surface area contributed by atoms with Crippen molar-refractivity contribution in [1.29, 1.82) is 0 Å². The number of ether oxygens (including phenoxy) is 2. The molecule has 0 unspecified atom stereocenters. The Bertz CT molecular complexity index is 1990. The van der Waals surface area contributed by atoms with Gasteiger partial charge in [0.25, 0.3) is 11.8 Å². The van der Waals surface area contributed by atoms with Crippen molar-refractivity contribution >= 4 is 58.4 Å². The lowest BCUT2D eigenvalue weighted by molar-refractivity contribution is -0.152. The van der Waals surface area contributed by atoms with Gasteiger partial charge in [0.2, 0.25) is 5.91 Å². The maximum atomic E-state index is 13.7. The second kappa shape index (κ2) is 21.2. The van der Waals surface area contributed by atoms with Crippen molar-refractivity contribution in [1.82, 2.24) is 26.3 Å². The van der Waals surface area contributed by atoms with Gasteiger partial charge in [0, 0.05) is 30.0 Å². The molecule has 1 aliphatic heterocycles. The first-order chi connectivity index (χ1) is 27.6. The Kier molecular flexibility index (Phi) is 15.9. The van der Waals surface area contributed by atoms with Crippen molar-refractivity contribution in [2.45, 2.75) is 75.5 Å². The van der Waals surface area contributed by atoms with Crippen LogP contribution in [0.25, 0.3) is 11.1 Å². The van der Waals surface area contributed by atoms with Crippen LogP contribution in [-0.2, 0) is 35.2 Å². The van der Waals surface area contributed by atoms with E-state index in [-0.39, 0.29) is 55.0 Å². The van der Waals surface area contributed by atoms with Gasteiger partial charge < -0.3 is 30.7 Å². The molecule has 4 amide bonds. The SMILES string of the molecule is C/C=C1\NC(=O)c2nc(ccc2SC)CNC(=O)C[C@@H](/C=C/CCSC(C)=O)OC(=O)[C@H](CCCCNC(=O)OCC2c3ccccc3-c3ccccc32)NC1=O. The number of hydrogen-bond acceptors (Lipinski definition) is 11. The molecule has 0 fully saturated rings. The molecule has 57 heavy (non-hydrogen) atoms. The summed E-state index contributed by atoms with van der Waals surface area (Å²) in [5.74, 6) is -2.12. The number of nitrogens with zero attached hydrogens (tertiary/aromatic N) is 1. The number of allylic oxidation sites excluding steroid dienone is 2. The van der Waals surface area contributed by atoms with Crippen molar-refractivity contribution in [3.8, 4) is 11.1 Å². The van der Waals surface area contributed by atoms with E-state index in [1.165, 1.54) is 24.8 Å². The van der Waals surface area contributed by atoms with Crippen molar-refractivity contribution in [2.75, 3.05) is 25.2 Å². The van der Waals surface area contributed by atoms with Crippen LogP contribution in [-0.4, -0.2) is 77.2 Å². The Morgan fingerprint density at radius 1 is 0.982 bits per heavy atom. The Morgan fingerprint density at radius 2 is 1.70 bits per heavy atom. The van der Waals surface area contributed by atoms with E-state index in [2.05, 4.69) is 38.4 Å². The number of esters is 1. The van der Waals surface area contributed by atoms with E-state index < -0.39 is 41.9 Å². The third-order valence-electron chi connectivity index (χ3n) is 9.32. The fourth-order valence-corrected chi connectivity index (χ4v) is 7.57. The Balaban J connectivity index is 1.24. The lowest BCUT2D eigenvalue weighted by atomic mass is 9.98. The van der Waals surface area contributed by atoms with Crippen LogP contribution in [0.1, 0.15) is 79.2 Å². The van der Waals surface area contributed by atoms with E-state index >= 15 is 0 Å². The zero-order chi connectivity index (χ0) is 40.7. The van der Waals surface area contributed by atoms with Crippen LogP contribution in [0.4, 0.5) is 4.79 Å². The van der Waals surface area contributed by atoms with Crippen molar-refractivity contribution < 1.29 is 38.2 Å². The summed E-state index contributed by atoms with van der Waals surface area (Å²) in [7, 11) is 0. The van der Waals surface area contributed by atoms with Gasteiger partial charge in [0.1, 0.15) is 30.1 Å². The maximum absolute atomic E-state index is 13.7. The first-order valence-electron chi connectivity index (χ1n) is 18.8. The summed E-state index contributed by atoms with van der Waals surface area (Å²) < 4.78 is 11.4. The molecule has 1 aromatic heterocycles. The van der Waals surface area contributed by atoms with Crippen LogP contribution in [0.5, 0.6) is 0 Å². The molecule has 1 aliphatic carbocycles. The predicted octanol–water partition coefficient (Wildman–Crippen LogP) is 5.79. The minimum Gasteiger partial charge on any atom is -0.456 e. The molecule has 2 bridgehead atoms. The molecule has 2 heterocycles. The molecule has 2 aliphatic rings. The average Bonchev–Trinajstić information content (AvgIpc) is 3.53. The normalized spacial score (nSPS) is 18.3. The Labute approximate surface area is 340 Å². The molecule has 0 radical (unpaired) electrons. The van der Waals surface area contributed by atoms with Gasteiger partial charge in [-0.25, -0.2) is 14.6 Å². The van der Waals surface area contributed by atoms with Crippen LogP contribution in [0.3, 0.4) is 0 Å². The number of rotatable bonds is 12. The zero-order valence-electron chi connectivity index (χ0n) is 32.1. The number of carbonyl (C=O) groups excluding carboxylic acids is 6. The van der Waals surface area contributed by atoms with Crippen LogP contribution in [0, 0.1) is 0 Å². The molecule has 15 heteroatoms. The number of alkyl carbamates (subject to hydrolysis) is 1. The van der Waals surface area contributed by atoms with E-state index in [1.807, 2.05) is 36.4 Å². The molecule has 13 nitrogen and oxygen atoms in total. The van der Waals surface area contributed by atoms with E-state index in [0.717, 1.165) is 34.0 Å². The minimum absolute atomic E-state index is 0.0110. The third kappa shape index (κ3) is 12.0. The molecular formula is C42H47N5O8S2. The van der Waals surface area contributed by atoms with E-state index in [0.29, 0.717) is 35.6 Å². The highest BCUT2D eigenvalue weighted by Gasteiger charge is 2.30. The fraction of sp³-hybridized carbons (Fsp3) is 0.357. The number of thioether (sulfide) groups is 2. The van der Waals surface area contributed by atoms with Crippen LogP contribution >= 0.6 is 23.5 Å². The van der Waals surface area contributed by atoms with Crippen molar-refractivity contribution in [3.05, 3.63) is 107 Å². The monoisotopic (exact) mass is 813 g/mol. The van der Waals surface area contributed by atoms with Crippen LogP contribution < -0.4 is 21.3 Å². The van der Waals surface area contributed by atoms with Gasteiger partial charge in [-0.1, -0.05) is 72.4 Å². The summed E-state index contributed by atoms with van der Waals surface area (Å²) in [6, 6.07) is 18.4. The van der Waals surface area contributed by atoms with Crippen LogP contribution in [0.15, 0.2) is 89.5 Å². The Hall–Kier alpha value is -5.41. The number of unbranched alkanes of at least 4 members (excludes halogenated alkanes) is 1. The van der Waals surface area contributed by atoms with Gasteiger partial charge in [-0.3, -0.25) is 19.2 Å². The number of benzene rings is 2. The van der Waals surface area contributed by atoms with Crippen molar-refractivity contribution in [2.24, 2.45) is 0 Å². The first kappa shape index (κ1) is 42.7. The van der Waals surface area contributed by atoms with Gasteiger partial charge >= 0.3 is 12.1 Å². The van der Waals surface area contributed by atoms with E-state index in [1.54, 1.807) is 37.5 Å². The molecular weight excluding hydrogens is 767 g/mol. The number of carbonyl (C=O) groups is 6. The number of cyclic esters (lactones) is 1. The molecule has 2 aromatic carbocycles. The molecule has 5 rings (SSSR count). The highest BCUT2D eigenvalue weighted by molar-refractivity contribution is 8.13.